The first-order valence-corrected chi connectivity index (χ1v) is 7.90. The topological polar surface area (TPSA) is 62.4 Å². The van der Waals surface area contributed by atoms with Crippen molar-refractivity contribution >= 4 is 40.3 Å². The molecule has 0 radical (unpaired) electrons. The van der Waals surface area contributed by atoms with E-state index >= 15 is 0 Å². The Morgan fingerprint density at radius 2 is 1.62 bits per heavy atom. The van der Waals surface area contributed by atoms with Crippen LogP contribution in [0.4, 0.5) is 17.1 Å². The van der Waals surface area contributed by atoms with Crippen LogP contribution in [0.3, 0.4) is 0 Å². The van der Waals surface area contributed by atoms with Crippen molar-refractivity contribution in [3.05, 3.63) is 47.5 Å². The number of aryl methyl sites for hydroxylation is 2. The van der Waals surface area contributed by atoms with Crippen LogP contribution < -0.4 is 20.7 Å². The molecule has 3 N–H and O–H groups in total. The van der Waals surface area contributed by atoms with Gasteiger partial charge in [-0.05, 0) is 49.8 Å². The van der Waals surface area contributed by atoms with Gasteiger partial charge in [-0.1, -0.05) is 17.7 Å². The predicted molar refractivity (Wildman–Crippen MR) is 103 cm³/mol. The van der Waals surface area contributed by atoms with E-state index in [9.17, 15) is 4.79 Å². The summed E-state index contributed by atoms with van der Waals surface area (Å²) in [7, 11) is 1.59. The molecule has 0 spiro atoms. The normalized spacial score (nSPS) is 10.0. The Morgan fingerprint density at radius 3 is 2.25 bits per heavy atom. The molecule has 126 valence electrons. The van der Waals surface area contributed by atoms with E-state index in [2.05, 4.69) is 22.0 Å². The molecule has 2 aromatic carbocycles. The number of rotatable bonds is 4. The van der Waals surface area contributed by atoms with Crippen molar-refractivity contribution < 1.29 is 9.53 Å². The molecule has 0 aliphatic heterocycles. The first-order chi connectivity index (χ1) is 11.4. The lowest BCUT2D eigenvalue weighted by Gasteiger charge is -2.16. The SMILES string of the molecule is COc1ccc(NC(C)=O)c(NC(=S)Nc2ccc(C)cc2C)c1. The molecule has 0 aliphatic rings. The number of ether oxygens (including phenoxy) is 1. The Balaban J connectivity index is 2.19. The Hall–Kier alpha value is -2.60. The van der Waals surface area contributed by atoms with Gasteiger partial charge in [0.2, 0.25) is 5.91 Å². The minimum absolute atomic E-state index is 0.156. The van der Waals surface area contributed by atoms with Gasteiger partial charge in [0, 0.05) is 18.7 Å². The van der Waals surface area contributed by atoms with E-state index in [0.29, 0.717) is 22.2 Å². The van der Waals surface area contributed by atoms with Crippen LogP contribution >= 0.6 is 12.2 Å². The summed E-state index contributed by atoms with van der Waals surface area (Å²) >= 11 is 5.39. The molecule has 5 nitrogen and oxygen atoms in total. The van der Waals surface area contributed by atoms with E-state index in [0.717, 1.165) is 11.3 Å². The molecular formula is C18H21N3O2S. The van der Waals surface area contributed by atoms with Crippen molar-refractivity contribution in [3.63, 3.8) is 0 Å². The number of thiocarbonyl (C=S) groups is 1. The zero-order chi connectivity index (χ0) is 17.7. The molecule has 0 atom stereocenters. The molecule has 0 aliphatic carbocycles. The van der Waals surface area contributed by atoms with Gasteiger partial charge in [-0.3, -0.25) is 4.79 Å². The van der Waals surface area contributed by atoms with E-state index in [1.165, 1.54) is 12.5 Å². The molecule has 1 amide bonds. The van der Waals surface area contributed by atoms with Crippen LogP contribution in [0.2, 0.25) is 0 Å². The van der Waals surface area contributed by atoms with Crippen LogP contribution in [0.1, 0.15) is 18.1 Å². The first-order valence-electron chi connectivity index (χ1n) is 7.50. The predicted octanol–water partition coefficient (Wildman–Crippen LogP) is 4.08. The number of amides is 1. The molecule has 6 heteroatoms. The molecule has 24 heavy (non-hydrogen) atoms. The highest BCUT2D eigenvalue weighted by atomic mass is 32.1. The third kappa shape index (κ3) is 4.70. The van der Waals surface area contributed by atoms with Gasteiger partial charge in [-0.25, -0.2) is 0 Å². The van der Waals surface area contributed by atoms with Gasteiger partial charge in [-0.2, -0.15) is 0 Å². The first kappa shape index (κ1) is 17.7. The summed E-state index contributed by atoms with van der Waals surface area (Å²) in [5.74, 6) is 0.511. The largest absolute Gasteiger partial charge is 0.497 e. The lowest BCUT2D eigenvalue weighted by atomic mass is 10.1. The molecule has 0 saturated heterocycles. The lowest BCUT2D eigenvalue weighted by Crippen LogP contribution is -2.21. The highest BCUT2D eigenvalue weighted by Gasteiger charge is 2.09. The van der Waals surface area contributed by atoms with E-state index in [1.54, 1.807) is 25.3 Å². The molecule has 0 saturated carbocycles. The molecule has 0 fully saturated rings. The van der Waals surface area contributed by atoms with Crippen LogP contribution in [0.5, 0.6) is 5.75 Å². The van der Waals surface area contributed by atoms with Crippen molar-refractivity contribution in [2.75, 3.05) is 23.1 Å². The third-order valence-corrected chi connectivity index (χ3v) is 3.62. The number of nitrogens with one attached hydrogen (secondary N) is 3. The Kier molecular flexibility index (Phi) is 5.76. The zero-order valence-electron chi connectivity index (χ0n) is 14.2. The second kappa shape index (κ2) is 7.79. The maximum atomic E-state index is 11.4. The number of hydrogen-bond acceptors (Lipinski definition) is 3. The molecular weight excluding hydrogens is 322 g/mol. The summed E-state index contributed by atoms with van der Waals surface area (Å²) in [4.78, 5) is 11.4. The van der Waals surface area contributed by atoms with E-state index < -0.39 is 0 Å². The summed E-state index contributed by atoms with van der Waals surface area (Å²) in [6.07, 6.45) is 0. The van der Waals surface area contributed by atoms with Gasteiger partial charge in [0.25, 0.3) is 0 Å². The van der Waals surface area contributed by atoms with Crippen LogP contribution in [0.25, 0.3) is 0 Å². The van der Waals surface area contributed by atoms with E-state index in [1.807, 2.05) is 26.0 Å². The number of carbonyl (C=O) groups is 1. The molecule has 0 aromatic heterocycles. The summed E-state index contributed by atoms with van der Waals surface area (Å²) in [5.41, 5.74) is 4.52. The minimum atomic E-state index is -0.156. The van der Waals surface area contributed by atoms with Crippen molar-refractivity contribution in [3.8, 4) is 5.75 Å². The van der Waals surface area contributed by atoms with Gasteiger partial charge < -0.3 is 20.7 Å². The number of methoxy groups -OCH3 is 1. The number of hydrogen-bond donors (Lipinski definition) is 3. The molecule has 0 bridgehead atoms. The van der Waals surface area contributed by atoms with Crippen LogP contribution in [0.15, 0.2) is 36.4 Å². The third-order valence-electron chi connectivity index (χ3n) is 3.42. The van der Waals surface area contributed by atoms with Crippen molar-refractivity contribution in [1.82, 2.24) is 0 Å². The van der Waals surface area contributed by atoms with Crippen molar-refractivity contribution in [1.29, 1.82) is 0 Å². The van der Waals surface area contributed by atoms with Gasteiger partial charge in [0.1, 0.15) is 5.75 Å². The van der Waals surface area contributed by atoms with Crippen molar-refractivity contribution in [2.24, 2.45) is 0 Å². The average Bonchev–Trinajstić information content (AvgIpc) is 2.51. The van der Waals surface area contributed by atoms with E-state index in [4.69, 9.17) is 17.0 Å². The monoisotopic (exact) mass is 343 g/mol. The van der Waals surface area contributed by atoms with Crippen LogP contribution in [-0.2, 0) is 4.79 Å². The van der Waals surface area contributed by atoms with Gasteiger partial charge in [-0.15, -0.1) is 0 Å². The van der Waals surface area contributed by atoms with Crippen LogP contribution in [0, 0.1) is 13.8 Å². The second-order valence-electron chi connectivity index (χ2n) is 5.49. The summed E-state index contributed by atoms with van der Waals surface area (Å²) in [6.45, 7) is 5.52. The Bertz CT molecular complexity index is 775. The summed E-state index contributed by atoms with van der Waals surface area (Å²) in [5, 5.41) is 9.48. The maximum Gasteiger partial charge on any atom is 0.221 e. The highest BCUT2D eigenvalue weighted by Crippen LogP contribution is 2.27. The van der Waals surface area contributed by atoms with Crippen molar-refractivity contribution in [2.45, 2.75) is 20.8 Å². The molecule has 0 heterocycles. The maximum absolute atomic E-state index is 11.4. The summed E-state index contributed by atoms with van der Waals surface area (Å²) < 4.78 is 5.23. The van der Waals surface area contributed by atoms with Gasteiger partial charge in [0.15, 0.2) is 5.11 Å². The second-order valence-corrected chi connectivity index (χ2v) is 5.90. The smallest absolute Gasteiger partial charge is 0.221 e. The molecule has 0 unspecified atom stereocenters. The number of anilines is 3. The number of benzene rings is 2. The number of carbonyl (C=O) groups excluding carboxylic acids is 1. The van der Waals surface area contributed by atoms with Crippen LogP contribution in [-0.4, -0.2) is 18.1 Å². The standard InChI is InChI=1S/C18H21N3O2S/c1-11-5-7-15(12(2)9-11)20-18(24)21-17-10-14(23-4)6-8-16(17)19-13(3)22/h5-10H,1-4H3,(H,19,22)(H2,20,21,24). The summed E-state index contributed by atoms with van der Waals surface area (Å²) in [6, 6.07) is 11.4. The average molecular weight is 343 g/mol. The van der Waals surface area contributed by atoms with Gasteiger partial charge >= 0.3 is 0 Å². The quantitative estimate of drug-likeness (QED) is 0.730. The fraction of sp³-hybridized carbons (Fsp3) is 0.222. The molecule has 2 aromatic rings. The lowest BCUT2D eigenvalue weighted by molar-refractivity contribution is -0.114. The Morgan fingerprint density at radius 1 is 0.958 bits per heavy atom. The van der Waals surface area contributed by atoms with Gasteiger partial charge in [0.05, 0.1) is 18.5 Å². The highest BCUT2D eigenvalue weighted by molar-refractivity contribution is 7.80. The Labute approximate surface area is 147 Å². The molecule has 2 rings (SSSR count). The zero-order valence-corrected chi connectivity index (χ0v) is 15.0. The minimum Gasteiger partial charge on any atom is -0.497 e. The fourth-order valence-electron chi connectivity index (χ4n) is 2.28. The fourth-order valence-corrected chi connectivity index (χ4v) is 2.50. The van der Waals surface area contributed by atoms with E-state index in [-0.39, 0.29) is 5.91 Å².